The fourth-order valence-electron chi connectivity index (χ4n) is 2.86. The lowest BCUT2D eigenvalue weighted by Crippen LogP contribution is -2.06. The van der Waals surface area contributed by atoms with E-state index in [2.05, 4.69) is 26.2 Å². The zero-order valence-corrected chi connectivity index (χ0v) is 18.3. The van der Waals surface area contributed by atoms with Crippen LogP contribution in [0.2, 0.25) is 0 Å². The van der Waals surface area contributed by atoms with Crippen LogP contribution in [0.15, 0.2) is 53.0 Å². The van der Waals surface area contributed by atoms with Crippen LogP contribution in [0.3, 0.4) is 0 Å². The first-order chi connectivity index (χ1) is 14.5. The van der Waals surface area contributed by atoms with Crippen molar-refractivity contribution in [3.63, 3.8) is 0 Å². The standard InChI is InChI=1S/C22H23BrFN3O3/c1-28-16-5-3-14(4-6-16)11-26-21-8-7-18(24)20(27-21)13-30-12-15-9-17(23)22(29-2)19(25)10-15/h3-10H,11-13,25H2,1-2H3,(H,26,27). The molecule has 3 rings (SSSR count). The molecule has 30 heavy (non-hydrogen) atoms. The maximum atomic E-state index is 14.1. The van der Waals surface area contributed by atoms with Crippen LogP contribution in [0.25, 0.3) is 0 Å². The van der Waals surface area contributed by atoms with Crippen molar-refractivity contribution in [2.24, 2.45) is 0 Å². The number of hydrogen-bond acceptors (Lipinski definition) is 6. The van der Waals surface area contributed by atoms with Crippen molar-refractivity contribution in [2.45, 2.75) is 19.8 Å². The maximum absolute atomic E-state index is 14.1. The van der Waals surface area contributed by atoms with Crippen LogP contribution < -0.4 is 20.5 Å². The zero-order chi connectivity index (χ0) is 21.5. The number of anilines is 2. The normalized spacial score (nSPS) is 10.7. The summed E-state index contributed by atoms with van der Waals surface area (Å²) in [6.07, 6.45) is 0. The van der Waals surface area contributed by atoms with Crippen LogP contribution in [0.4, 0.5) is 15.9 Å². The van der Waals surface area contributed by atoms with E-state index in [0.717, 1.165) is 21.3 Å². The van der Waals surface area contributed by atoms with E-state index in [1.165, 1.54) is 6.07 Å². The number of nitrogens with two attached hydrogens (primary N) is 1. The summed E-state index contributed by atoms with van der Waals surface area (Å²) >= 11 is 3.41. The molecule has 0 unspecified atom stereocenters. The third-order valence-electron chi connectivity index (χ3n) is 4.40. The van der Waals surface area contributed by atoms with Crippen molar-refractivity contribution in [1.29, 1.82) is 0 Å². The van der Waals surface area contributed by atoms with Gasteiger partial charge in [0.15, 0.2) is 5.75 Å². The molecule has 0 saturated carbocycles. The smallest absolute Gasteiger partial charge is 0.155 e. The Morgan fingerprint density at radius 3 is 2.43 bits per heavy atom. The number of ether oxygens (including phenoxy) is 3. The van der Waals surface area contributed by atoms with Crippen LogP contribution in [-0.2, 0) is 24.5 Å². The van der Waals surface area contributed by atoms with E-state index < -0.39 is 5.82 Å². The van der Waals surface area contributed by atoms with Gasteiger partial charge in [0.1, 0.15) is 23.1 Å². The van der Waals surface area contributed by atoms with E-state index in [0.29, 0.717) is 23.8 Å². The molecule has 0 saturated heterocycles. The first kappa shape index (κ1) is 21.9. The van der Waals surface area contributed by atoms with E-state index in [1.807, 2.05) is 30.3 Å². The van der Waals surface area contributed by atoms with Crippen LogP contribution in [0, 0.1) is 5.82 Å². The highest BCUT2D eigenvalue weighted by Crippen LogP contribution is 2.32. The van der Waals surface area contributed by atoms with Gasteiger partial charge in [-0.1, -0.05) is 12.1 Å². The van der Waals surface area contributed by atoms with Gasteiger partial charge in [-0.25, -0.2) is 9.37 Å². The van der Waals surface area contributed by atoms with Crippen LogP contribution in [0.1, 0.15) is 16.8 Å². The molecule has 0 radical (unpaired) electrons. The summed E-state index contributed by atoms with van der Waals surface area (Å²) in [6.45, 7) is 0.854. The molecule has 0 atom stereocenters. The topological polar surface area (TPSA) is 78.6 Å². The summed E-state index contributed by atoms with van der Waals surface area (Å²) in [5.41, 5.74) is 8.59. The first-order valence-corrected chi connectivity index (χ1v) is 10.0. The molecule has 3 N–H and O–H groups in total. The highest BCUT2D eigenvalue weighted by Gasteiger charge is 2.10. The number of nitrogens with zero attached hydrogens (tertiary/aromatic N) is 1. The Bertz CT molecular complexity index is 976. The summed E-state index contributed by atoms with van der Waals surface area (Å²) in [5, 5.41) is 3.19. The SMILES string of the molecule is COc1ccc(CNc2ccc(F)c(COCc3cc(N)c(OC)c(Br)c3)n2)cc1. The van der Waals surface area contributed by atoms with Crippen molar-refractivity contribution in [2.75, 3.05) is 25.3 Å². The third kappa shape index (κ3) is 5.61. The predicted molar refractivity (Wildman–Crippen MR) is 118 cm³/mol. The molecular weight excluding hydrogens is 453 g/mol. The lowest BCUT2D eigenvalue weighted by molar-refractivity contribution is 0.102. The van der Waals surface area contributed by atoms with Crippen LogP contribution in [0.5, 0.6) is 11.5 Å². The molecule has 8 heteroatoms. The van der Waals surface area contributed by atoms with Gasteiger partial charge >= 0.3 is 0 Å². The van der Waals surface area contributed by atoms with Gasteiger partial charge in [0.05, 0.1) is 37.6 Å². The van der Waals surface area contributed by atoms with Crippen molar-refractivity contribution < 1.29 is 18.6 Å². The number of nitrogens with one attached hydrogen (secondary N) is 1. The van der Waals surface area contributed by atoms with Crippen molar-refractivity contribution in [3.8, 4) is 11.5 Å². The number of hydrogen-bond donors (Lipinski definition) is 2. The fraction of sp³-hybridized carbons (Fsp3) is 0.227. The average Bonchev–Trinajstić information content (AvgIpc) is 2.74. The zero-order valence-electron chi connectivity index (χ0n) is 16.7. The van der Waals surface area contributed by atoms with Gasteiger partial charge in [0.2, 0.25) is 0 Å². The summed E-state index contributed by atoms with van der Waals surface area (Å²) in [4.78, 5) is 4.32. The van der Waals surface area contributed by atoms with E-state index in [4.69, 9.17) is 19.9 Å². The number of aromatic nitrogens is 1. The summed E-state index contributed by atoms with van der Waals surface area (Å²) in [5.74, 6) is 1.52. The van der Waals surface area contributed by atoms with E-state index in [1.54, 1.807) is 26.4 Å². The Balaban J connectivity index is 1.58. The molecule has 0 aliphatic rings. The Kier molecular flexibility index (Phi) is 7.48. The van der Waals surface area contributed by atoms with E-state index in [-0.39, 0.29) is 18.9 Å². The largest absolute Gasteiger partial charge is 0.497 e. The Morgan fingerprint density at radius 1 is 1.00 bits per heavy atom. The number of benzene rings is 2. The number of pyridine rings is 1. The minimum atomic E-state index is -0.416. The lowest BCUT2D eigenvalue weighted by atomic mass is 10.2. The maximum Gasteiger partial charge on any atom is 0.155 e. The van der Waals surface area contributed by atoms with Crippen LogP contribution in [-0.4, -0.2) is 19.2 Å². The Morgan fingerprint density at radius 2 is 1.77 bits per heavy atom. The molecule has 1 aromatic heterocycles. The molecule has 158 valence electrons. The second-order valence-electron chi connectivity index (χ2n) is 6.52. The van der Waals surface area contributed by atoms with Crippen molar-refractivity contribution >= 4 is 27.4 Å². The molecule has 2 aromatic carbocycles. The molecule has 0 spiro atoms. The minimum Gasteiger partial charge on any atom is -0.497 e. The molecule has 0 bridgehead atoms. The van der Waals surface area contributed by atoms with E-state index in [9.17, 15) is 4.39 Å². The second kappa shape index (κ2) is 10.3. The number of halogens is 2. The Labute approximate surface area is 183 Å². The van der Waals surface area contributed by atoms with Gasteiger partial charge in [0.25, 0.3) is 0 Å². The highest BCUT2D eigenvalue weighted by atomic mass is 79.9. The monoisotopic (exact) mass is 475 g/mol. The molecule has 0 aliphatic carbocycles. The number of rotatable bonds is 9. The van der Waals surface area contributed by atoms with Crippen molar-refractivity contribution in [3.05, 3.63) is 75.6 Å². The van der Waals surface area contributed by atoms with Gasteiger partial charge < -0.3 is 25.3 Å². The Hall–Kier alpha value is -2.84. The van der Waals surface area contributed by atoms with Gasteiger partial charge in [-0.15, -0.1) is 0 Å². The minimum absolute atomic E-state index is 0.0352. The summed E-state index contributed by atoms with van der Waals surface area (Å²) < 4.78 is 30.9. The highest BCUT2D eigenvalue weighted by molar-refractivity contribution is 9.10. The molecule has 0 amide bonds. The molecule has 1 heterocycles. The fourth-order valence-corrected chi connectivity index (χ4v) is 3.54. The van der Waals surface area contributed by atoms with E-state index >= 15 is 0 Å². The second-order valence-corrected chi connectivity index (χ2v) is 7.37. The first-order valence-electron chi connectivity index (χ1n) is 9.22. The van der Waals surface area contributed by atoms with Crippen molar-refractivity contribution in [1.82, 2.24) is 4.98 Å². The summed E-state index contributed by atoms with van der Waals surface area (Å²) in [6, 6.07) is 14.3. The van der Waals surface area contributed by atoms with Gasteiger partial charge in [-0.2, -0.15) is 0 Å². The third-order valence-corrected chi connectivity index (χ3v) is 4.98. The lowest BCUT2D eigenvalue weighted by Gasteiger charge is -2.11. The molecule has 0 aliphatic heterocycles. The van der Waals surface area contributed by atoms with Gasteiger partial charge in [-0.05, 0) is 63.5 Å². The molecule has 0 fully saturated rings. The predicted octanol–water partition coefficient (Wildman–Crippen LogP) is 4.91. The molecule has 3 aromatic rings. The summed E-state index contributed by atoms with van der Waals surface area (Å²) in [7, 11) is 3.18. The number of methoxy groups -OCH3 is 2. The molecular formula is C22H23BrFN3O3. The quantitative estimate of drug-likeness (QED) is 0.428. The van der Waals surface area contributed by atoms with Gasteiger partial charge in [0, 0.05) is 6.54 Å². The average molecular weight is 476 g/mol. The number of nitrogen functional groups attached to an aromatic ring is 1. The molecule has 6 nitrogen and oxygen atoms in total. The van der Waals surface area contributed by atoms with Gasteiger partial charge in [-0.3, -0.25) is 0 Å². The van der Waals surface area contributed by atoms with Crippen LogP contribution >= 0.6 is 15.9 Å².